The van der Waals surface area contributed by atoms with E-state index < -0.39 is 11.7 Å². The first-order valence-electron chi connectivity index (χ1n) is 8.95. The molecule has 2 aromatic heterocycles. The molecule has 0 spiro atoms. The molecule has 0 atom stereocenters. The fraction of sp³-hybridized carbons (Fsp3) is 0.300. The Labute approximate surface area is 160 Å². The summed E-state index contributed by atoms with van der Waals surface area (Å²) in [5, 5.41) is 0. The maximum Gasteiger partial charge on any atom is 0.416 e. The first-order valence-corrected chi connectivity index (χ1v) is 8.95. The number of aromatic nitrogens is 2. The van der Waals surface area contributed by atoms with E-state index in [9.17, 15) is 18.0 Å². The van der Waals surface area contributed by atoms with Crippen molar-refractivity contribution in [2.75, 3.05) is 33.2 Å². The van der Waals surface area contributed by atoms with Gasteiger partial charge in [0.2, 0.25) is 0 Å². The van der Waals surface area contributed by atoms with E-state index in [-0.39, 0.29) is 5.91 Å². The van der Waals surface area contributed by atoms with E-state index in [0.29, 0.717) is 30.0 Å². The van der Waals surface area contributed by atoms with Crippen LogP contribution >= 0.6 is 0 Å². The highest BCUT2D eigenvalue weighted by atomic mass is 19.4. The number of amides is 1. The van der Waals surface area contributed by atoms with Crippen molar-refractivity contribution in [1.82, 2.24) is 19.2 Å². The van der Waals surface area contributed by atoms with Gasteiger partial charge in [0, 0.05) is 38.6 Å². The third kappa shape index (κ3) is 3.60. The Morgan fingerprint density at radius 2 is 1.57 bits per heavy atom. The van der Waals surface area contributed by atoms with Crippen LogP contribution in [0.2, 0.25) is 0 Å². The van der Waals surface area contributed by atoms with Gasteiger partial charge in [-0.1, -0.05) is 12.1 Å². The predicted octanol–water partition coefficient (Wildman–Crippen LogP) is 3.41. The summed E-state index contributed by atoms with van der Waals surface area (Å²) in [5.41, 5.74) is 1.72. The molecule has 0 unspecified atom stereocenters. The van der Waals surface area contributed by atoms with E-state index in [0.717, 1.165) is 30.8 Å². The van der Waals surface area contributed by atoms with E-state index in [1.807, 2.05) is 7.05 Å². The number of rotatable bonds is 2. The van der Waals surface area contributed by atoms with Gasteiger partial charge in [0.1, 0.15) is 11.3 Å². The molecule has 1 amide bonds. The second kappa shape index (κ2) is 6.94. The molecule has 4 rings (SSSR count). The molecule has 3 aromatic rings. The smallest absolute Gasteiger partial charge is 0.335 e. The lowest BCUT2D eigenvalue weighted by Gasteiger charge is -2.31. The first-order chi connectivity index (χ1) is 13.3. The highest BCUT2D eigenvalue weighted by molar-refractivity contribution is 5.93. The van der Waals surface area contributed by atoms with Crippen molar-refractivity contribution in [3.05, 3.63) is 60.0 Å². The molecule has 1 fully saturated rings. The van der Waals surface area contributed by atoms with E-state index in [4.69, 9.17) is 0 Å². The molecule has 8 heteroatoms. The van der Waals surface area contributed by atoms with Crippen molar-refractivity contribution in [3.8, 4) is 11.1 Å². The van der Waals surface area contributed by atoms with Crippen LogP contribution in [0.5, 0.6) is 0 Å². The normalized spacial score (nSPS) is 15.9. The number of alkyl halides is 3. The molecule has 0 aliphatic carbocycles. The van der Waals surface area contributed by atoms with Crippen LogP contribution in [0.15, 0.2) is 48.8 Å². The monoisotopic (exact) mass is 388 g/mol. The van der Waals surface area contributed by atoms with E-state index in [2.05, 4.69) is 9.88 Å². The number of piperazine rings is 1. The van der Waals surface area contributed by atoms with Crippen molar-refractivity contribution in [2.45, 2.75) is 6.18 Å². The first kappa shape index (κ1) is 18.5. The van der Waals surface area contributed by atoms with Crippen LogP contribution in [0.1, 0.15) is 16.1 Å². The quantitative estimate of drug-likeness (QED) is 0.676. The lowest BCUT2D eigenvalue weighted by Crippen LogP contribution is -2.47. The van der Waals surface area contributed by atoms with Crippen molar-refractivity contribution in [3.63, 3.8) is 0 Å². The summed E-state index contributed by atoms with van der Waals surface area (Å²) in [6, 6.07) is 8.56. The van der Waals surface area contributed by atoms with Gasteiger partial charge in [-0.2, -0.15) is 13.2 Å². The zero-order chi connectivity index (χ0) is 19.9. The van der Waals surface area contributed by atoms with Gasteiger partial charge in [-0.15, -0.1) is 0 Å². The lowest BCUT2D eigenvalue weighted by molar-refractivity contribution is -0.137. The fourth-order valence-electron chi connectivity index (χ4n) is 3.29. The van der Waals surface area contributed by atoms with Crippen molar-refractivity contribution in [1.29, 1.82) is 0 Å². The van der Waals surface area contributed by atoms with Gasteiger partial charge in [0.25, 0.3) is 5.91 Å². The summed E-state index contributed by atoms with van der Waals surface area (Å²) in [6.07, 6.45) is -0.916. The summed E-state index contributed by atoms with van der Waals surface area (Å²) in [6.45, 7) is 2.99. The minimum atomic E-state index is -4.36. The van der Waals surface area contributed by atoms with Gasteiger partial charge in [0.05, 0.1) is 5.56 Å². The van der Waals surface area contributed by atoms with E-state index in [1.165, 1.54) is 12.1 Å². The Kier molecular flexibility index (Phi) is 4.58. The average Bonchev–Trinajstić information content (AvgIpc) is 3.11. The number of imidazole rings is 1. The van der Waals surface area contributed by atoms with Crippen molar-refractivity contribution in [2.24, 2.45) is 0 Å². The maximum atomic E-state index is 12.7. The Balaban J connectivity index is 1.59. The summed E-state index contributed by atoms with van der Waals surface area (Å²) in [5.74, 6) is -0.104. The third-order valence-corrected chi connectivity index (χ3v) is 5.01. The molecular weight excluding hydrogens is 369 g/mol. The molecule has 28 heavy (non-hydrogen) atoms. The average molecular weight is 388 g/mol. The summed E-state index contributed by atoms with van der Waals surface area (Å²) in [4.78, 5) is 21.0. The van der Waals surface area contributed by atoms with Crippen LogP contribution in [-0.2, 0) is 6.18 Å². The fourth-order valence-corrected chi connectivity index (χ4v) is 3.29. The Bertz CT molecular complexity index is 1000. The minimum absolute atomic E-state index is 0.104. The second-order valence-corrected chi connectivity index (χ2v) is 6.98. The largest absolute Gasteiger partial charge is 0.416 e. The van der Waals surface area contributed by atoms with Crippen LogP contribution < -0.4 is 0 Å². The summed E-state index contributed by atoms with van der Waals surface area (Å²) < 4.78 is 39.9. The van der Waals surface area contributed by atoms with Gasteiger partial charge in [-0.3, -0.25) is 4.79 Å². The Hall–Kier alpha value is -2.87. The number of benzene rings is 1. The number of hydrogen-bond acceptors (Lipinski definition) is 3. The molecule has 1 aliphatic heterocycles. The number of pyridine rings is 1. The minimum Gasteiger partial charge on any atom is -0.335 e. The number of nitrogens with zero attached hydrogens (tertiary/aromatic N) is 4. The molecule has 1 aliphatic rings. The molecule has 3 heterocycles. The molecule has 0 bridgehead atoms. The van der Waals surface area contributed by atoms with Gasteiger partial charge in [-0.05, 0) is 42.4 Å². The van der Waals surface area contributed by atoms with Crippen molar-refractivity contribution < 1.29 is 18.0 Å². The highest BCUT2D eigenvalue weighted by Crippen LogP contribution is 2.31. The molecule has 146 valence electrons. The number of carbonyl (C=O) groups excluding carboxylic acids is 1. The number of carbonyl (C=O) groups is 1. The lowest BCUT2D eigenvalue weighted by atomic mass is 10.1. The zero-order valence-corrected chi connectivity index (χ0v) is 15.3. The highest BCUT2D eigenvalue weighted by Gasteiger charge is 2.30. The summed E-state index contributed by atoms with van der Waals surface area (Å²) in [7, 11) is 2.02. The van der Waals surface area contributed by atoms with Crippen LogP contribution in [0.4, 0.5) is 13.2 Å². The Morgan fingerprint density at radius 3 is 2.21 bits per heavy atom. The standard InChI is InChI=1S/C20H19F3N4O/c1-25-8-10-26(11-9-25)19(28)17-13-27-12-15(4-7-18(27)24-17)14-2-5-16(6-3-14)20(21,22)23/h2-7,12-13H,8-11H2,1H3. The zero-order valence-electron chi connectivity index (χ0n) is 15.3. The van der Waals surface area contributed by atoms with Crippen LogP contribution in [0.3, 0.4) is 0 Å². The summed E-state index contributed by atoms with van der Waals surface area (Å²) >= 11 is 0. The SMILES string of the molecule is CN1CCN(C(=O)c2cn3cc(-c4ccc(C(F)(F)F)cc4)ccc3n2)CC1. The molecule has 1 saturated heterocycles. The number of likely N-dealkylation sites (N-methyl/N-ethyl adjacent to an activating group) is 1. The molecule has 5 nitrogen and oxygen atoms in total. The molecule has 0 radical (unpaired) electrons. The number of fused-ring (bicyclic) bond motifs is 1. The number of hydrogen-bond donors (Lipinski definition) is 0. The predicted molar refractivity (Wildman–Crippen MR) is 99.0 cm³/mol. The van der Waals surface area contributed by atoms with Crippen LogP contribution in [-0.4, -0.2) is 58.3 Å². The van der Waals surface area contributed by atoms with Gasteiger partial charge >= 0.3 is 6.18 Å². The topological polar surface area (TPSA) is 40.9 Å². The van der Waals surface area contributed by atoms with Crippen LogP contribution in [0, 0.1) is 0 Å². The van der Waals surface area contributed by atoms with E-state index >= 15 is 0 Å². The van der Waals surface area contributed by atoms with Gasteiger partial charge in [-0.25, -0.2) is 4.98 Å². The maximum absolute atomic E-state index is 12.7. The van der Waals surface area contributed by atoms with Gasteiger partial charge < -0.3 is 14.2 Å². The molecule has 0 N–H and O–H groups in total. The van der Waals surface area contributed by atoms with Crippen LogP contribution in [0.25, 0.3) is 16.8 Å². The van der Waals surface area contributed by atoms with E-state index in [1.54, 1.807) is 33.8 Å². The van der Waals surface area contributed by atoms with Gasteiger partial charge in [0.15, 0.2) is 0 Å². The molecule has 0 saturated carbocycles. The molecule has 1 aromatic carbocycles. The second-order valence-electron chi connectivity index (χ2n) is 6.98. The number of halogens is 3. The third-order valence-electron chi connectivity index (χ3n) is 5.01. The molecular formula is C20H19F3N4O. The van der Waals surface area contributed by atoms with Crippen molar-refractivity contribution >= 4 is 11.6 Å². The Morgan fingerprint density at radius 1 is 0.929 bits per heavy atom.